The molecule has 0 unspecified atom stereocenters. The Morgan fingerprint density at radius 1 is 0.935 bits per heavy atom. The number of hydrogen-bond donors (Lipinski definition) is 0. The topological polar surface area (TPSA) is 85.5 Å². The van der Waals surface area contributed by atoms with E-state index in [0.717, 1.165) is 33.6 Å². The minimum atomic E-state index is -3.60. The van der Waals surface area contributed by atoms with Crippen molar-refractivity contribution >= 4 is 10.0 Å². The van der Waals surface area contributed by atoms with Crippen LogP contribution >= 0.6 is 0 Å². The molecule has 166 valence electrons. The number of benzene rings is 2. The Hall–Kier alpha value is -2.71. The first-order chi connectivity index (χ1) is 14.6. The van der Waals surface area contributed by atoms with Crippen molar-refractivity contribution in [3.63, 3.8) is 0 Å². The fourth-order valence-corrected chi connectivity index (χ4v) is 4.83. The zero-order chi connectivity index (χ0) is 22.8. The third-order valence-electron chi connectivity index (χ3n) is 5.20. The summed E-state index contributed by atoms with van der Waals surface area (Å²) in [4.78, 5) is 4.64. The van der Waals surface area contributed by atoms with Crippen LogP contribution in [0.2, 0.25) is 0 Å². The molecule has 3 rings (SSSR count). The third-order valence-corrected chi connectivity index (χ3v) is 7.20. The van der Waals surface area contributed by atoms with E-state index in [1.54, 1.807) is 13.1 Å². The number of sulfonamides is 1. The number of hydrogen-bond acceptors (Lipinski definition) is 6. The zero-order valence-corrected chi connectivity index (χ0v) is 19.7. The van der Waals surface area contributed by atoms with Crippen molar-refractivity contribution in [1.29, 1.82) is 0 Å². The van der Waals surface area contributed by atoms with E-state index in [9.17, 15) is 8.42 Å². The lowest BCUT2D eigenvalue weighted by atomic mass is 10.1. The molecule has 0 aliphatic rings. The summed E-state index contributed by atoms with van der Waals surface area (Å²) in [6.45, 7) is 10.1. The van der Waals surface area contributed by atoms with Gasteiger partial charge in [0.2, 0.25) is 10.0 Å². The van der Waals surface area contributed by atoms with Crippen molar-refractivity contribution in [3.05, 3.63) is 69.9 Å². The number of aromatic nitrogens is 2. The van der Waals surface area contributed by atoms with Crippen LogP contribution in [-0.4, -0.2) is 36.5 Å². The summed E-state index contributed by atoms with van der Waals surface area (Å²) in [6.07, 6.45) is 0.340. The molecular formula is C23H29N3O4S. The van der Waals surface area contributed by atoms with Gasteiger partial charge in [0.05, 0.1) is 4.90 Å². The molecule has 0 spiro atoms. The Morgan fingerprint density at radius 3 is 2.26 bits per heavy atom. The highest BCUT2D eigenvalue weighted by molar-refractivity contribution is 7.89. The van der Waals surface area contributed by atoms with E-state index in [0.29, 0.717) is 23.0 Å². The Labute approximate surface area is 184 Å². The van der Waals surface area contributed by atoms with Crippen LogP contribution in [0.4, 0.5) is 0 Å². The first-order valence-corrected chi connectivity index (χ1v) is 11.6. The summed E-state index contributed by atoms with van der Waals surface area (Å²) in [5.41, 5.74) is 4.99. The largest absolute Gasteiger partial charge is 0.484 e. The SMILES string of the molecule is Cc1cc(C)cc(OCc2nc(CCN(C)S(=O)(=O)c3cc(C)c(C)cc3C)no2)c1. The smallest absolute Gasteiger partial charge is 0.264 e. The van der Waals surface area contributed by atoms with Crippen LogP contribution in [0.15, 0.2) is 39.8 Å². The zero-order valence-electron chi connectivity index (χ0n) is 18.9. The summed E-state index contributed by atoms with van der Waals surface area (Å²) in [5, 5.41) is 3.95. The molecule has 0 aliphatic heterocycles. The van der Waals surface area contributed by atoms with Crippen molar-refractivity contribution in [1.82, 2.24) is 14.4 Å². The van der Waals surface area contributed by atoms with Crippen LogP contribution in [0.25, 0.3) is 0 Å². The summed E-state index contributed by atoms with van der Waals surface area (Å²) in [7, 11) is -2.04. The van der Waals surface area contributed by atoms with E-state index < -0.39 is 10.0 Å². The maximum absolute atomic E-state index is 13.0. The van der Waals surface area contributed by atoms with Crippen LogP contribution in [0.3, 0.4) is 0 Å². The van der Waals surface area contributed by atoms with Crippen LogP contribution in [0, 0.1) is 34.6 Å². The van der Waals surface area contributed by atoms with Gasteiger partial charge >= 0.3 is 0 Å². The molecule has 0 bridgehead atoms. The highest BCUT2D eigenvalue weighted by Gasteiger charge is 2.24. The number of aryl methyl sites for hydroxylation is 5. The predicted octanol–water partition coefficient (Wildman–Crippen LogP) is 4.05. The second-order valence-corrected chi connectivity index (χ2v) is 10.0. The van der Waals surface area contributed by atoms with E-state index in [4.69, 9.17) is 9.26 Å². The number of nitrogens with zero attached hydrogens (tertiary/aromatic N) is 3. The second kappa shape index (κ2) is 9.20. The maximum atomic E-state index is 13.0. The van der Waals surface area contributed by atoms with Crippen LogP contribution < -0.4 is 4.74 Å². The lowest BCUT2D eigenvalue weighted by Crippen LogP contribution is -2.30. The summed E-state index contributed by atoms with van der Waals surface area (Å²) < 4.78 is 38.3. The van der Waals surface area contributed by atoms with Gasteiger partial charge in [-0.3, -0.25) is 0 Å². The molecule has 1 heterocycles. The van der Waals surface area contributed by atoms with Crippen LogP contribution in [0.1, 0.15) is 39.5 Å². The maximum Gasteiger partial charge on any atom is 0.264 e. The summed E-state index contributed by atoms with van der Waals surface area (Å²) in [5.74, 6) is 1.54. The third kappa shape index (κ3) is 5.51. The molecule has 0 saturated heterocycles. The highest BCUT2D eigenvalue weighted by Crippen LogP contribution is 2.23. The van der Waals surface area contributed by atoms with Crippen LogP contribution in [0.5, 0.6) is 5.75 Å². The van der Waals surface area contributed by atoms with Gasteiger partial charge in [-0.2, -0.15) is 4.98 Å². The van der Waals surface area contributed by atoms with Gasteiger partial charge in [-0.1, -0.05) is 17.3 Å². The normalized spacial score (nSPS) is 11.8. The molecular weight excluding hydrogens is 414 g/mol. The highest BCUT2D eigenvalue weighted by atomic mass is 32.2. The molecule has 8 heteroatoms. The van der Waals surface area contributed by atoms with E-state index in [1.807, 2.05) is 52.8 Å². The van der Waals surface area contributed by atoms with Crippen LogP contribution in [-0.2, 0) is 23.1 Å². The van der Waals surface area contributed by atoms with E-state index in [2.05, 4.69) is 16.2 Å². The average Bonchev–Trinajstić information content (AvgIpc) is 3.14. The van der Waals surface area contributed by atoms with Gasteiger partial charge in [0, 0.05) is 20.0 Å². The molecule has 0 amide bonds. The molecule has 31 heavy (non-hydrogen) atoms. The van der Waals surface area contributed by atoms with Gasteiger partial charge in [0.25, 0.3) is 5.89 Å². The average molecular weight is 444 g/mol. The monoisotopic (exact) mass is 443 g/mol. The fourth-order valence-electron chi connectivity index (χ4n) is 3.37. The molecule has 0 radical (unpaired) electrons. The molecule has 0 N–H and O–H groups in total. The van der Waals surface area contributed by atoms with Crippen molar-refractivity contribution < 1.29 is 17.7 Å². The number of likely N-dealkylation sites (N-methyl/N-ethyl adjacent to an activating group) is 1. The molecule has 1 aromatic heterocycles. The first kappa shape index (κ1) is 23.0. The standard InChI is InChI=1S/C23H29N3O4S/c1-15-9-16(2)11-20(10-15)29-14-23-24-22(25-30-23)7-8-26(6)31(27,28)21-13-18(4)17(3)12-19(21)5/h9-13H,7-8,14H2,1-6H3. The van der Waals surface area contributed by atoms with Crippen molar-refractivity contribution in [3.8, 4) is 5.75 Å². The van der Waals surface area contributed by atoms with Crippen molar-refractivity contribution in [2.45, 2.75) is 52.5 Å². The molecule has 0 saturated carbocycles. The van der Waals surface area contributed by atoms with Gasteiger partial charge in [-0.05, 0) is 80.6 Å². The molecule has 7 nitrogen and oxygen atoms in total. The van der Waals surface area contributed by atoms with Gasteiger partial charge in [-0.25, -0.2) is 12.7 Å². The fraction of sp³-hybridized carbons (Fsp3) is 0.391. The van der Waals surface area contributed by atoms with Gasteiger partial charge < -0.3 is 9.26 Å². The Balaban J connectivity index is 1.61. The Morgan fingerprint density at radius 2 is 1.58 bits per heavy atom. The lowest BCUT2D eigenvalue weighted by molar-refractivity contribution is 0.242. The number of rotatable bonds is 8. The number of ether oxygens (including phenoxy) is 1. The van der Waals surface area contributed by atoms with Gasteiger partial charge in [-0.15, -0.1) is 0 Å². The Bertz CT molecular complexity index is 1170. The molecule has 0 atom stereocenters. The first-order valence-electron chi connectivity index (χ1n) is 10.1. The Kier molecular flexibility index (Phi) is 6.81. The molecule has 2 aromatic carbocycles. The minimum Gasteiger partial charge on any atom is -0.484 e. The molecule has 0 aliphatic carbocycles. The lowest BCUT2D eigenvalue weighted by Gasteiger charge is -2.19. The van der Waals surface area contributed by atoms with E-state index >= 15 is 0 Å². The minimum absolute atomic E-state index is 0.159. The van der Waals surface area contributed by atoms with E-state index in [1.165, 1.54) is 4.31 Å². The molecule has 3 aromatic rings. The molecule has 0 fully saturated rings. The predicted molar refractivity (Wildman–Crippen MR) is 119 cm³/mol. The van der Waals surface area contributed by atoms with Gasteiger partial charge in [0.15, 0.2) is 12.4 Å². The van der Waals surface area contributed by atoms with E-state index in [-0.39, 0.29) is 13.2 Å². The quantitative estimate of drug-likeness (QED) is 0.522. The summed E-state index contributed by atoms with van der Waals surface area (Å²) >= 11 is 0. The van der Waals surface area contributed by atoms with Gasteiger partial charge in [0.1, 0.15) is 5.75 Å². The van der Waals surface area contributed by atoms with Crippen molar-refractivity contribution in [2.24, 2.45) is 0 Å². The summed E-state index contributed by atoms with van der Waals surface area (Å²) in [6, 6.07) is 9.59. The van der Waals surface area contributed by atoms with Crippen molar-refractivity contribution in [2.75, 3.05) is 13.6 Å². The second-order valence-electron chi connectivity index (χ2n) is 7.99.